The van der Waals surface area contributed by atoms with Crippen molar-refractivity contribution in [3.05, 3.63) is 51.6 Å². The Morgan fingerprint density at radius 1 is 0.875 bits per heavy atom. The maximum atomic E-state index is 12.8. The zero-order chi connectivity index (χ0) is 17.2. The minimum Gasteiger partial charge on any atom is -0.507 e. The SMILES string of the molecule is O=C1c2cccc(O)c2C(=O)c2c(O)c3c(c(O)c21)C[C@H](O)CC3. The van der Waals surface area contributed by atoms with E-state index < -0.39 is 17.7 Å². The molecule has 6 heteroatoms. The van der Waals surface area contributed by atoms with Crippen LogP contribution < -0.4 is 0 Å². The van der Waals surface area contributed by atoms with Crippen LogP contribution in [0.15, 0.2) is 18.2 Å². The molecular weight excluding hydrogens is 312 g/mol. The molecule has 0 fully saturated rings. The highest BCUT2D eigenvalue weighted by Crippen LogP contribution is 2.46. The molecule has 0 heterocycles. The monoisotopic (exact) mass is 326 g/mol. The summed E-state index contributed by atoms with van der Waals surface area (Å²) >= 11 is 0. The Balaban J connectivity index is 2.07. The second-order valence-electron chi connectivity index (χ2n) is 6.16. The van der Waals surface area contributed by atoms with E-state index in [-0.39, 0.29) is 52.3 Å². The van der Waals surface area contributed by atoms with E-state index in [4.69, 9.17) is 0 Å². The van der Waals surface area contributed by atoms with Crippen molar-refractivity contribution >= 4 is 11.6 Å². The molecule has 2 aromatic rings. The molecule has 1 atom stereocenters. The normalized spacial score (nSPS) is 18.8. The van der Waals surface area contributed by atoms with Gasteiger partial charge in [0.25, 0.3) is 0 Å². The summed E-state index contributed by atoms with van der Waals surface area (Å²) in [5.74, 6) is -2.39. The molecule has 0 spiro atoms. The smallest absolute Gasteiger partial charge is 0.202 e. The van der Waals surface area contributed by atoms with Gasteiger partial charge in [0, 0.05) is 23.1 Å². The van der Waals surface area contributed by atoms with Crippen LogP contribution >= 0.6 is 0 Å². The summed E-state index contributed by atoms with van der Waals surface area (Å²) in [4.78, 5) is 25.5. The molecule has 0 aliphatic heterocycles. The molecule has 4 N–H and O–H groups in total. The molecule has 0 saturated carbocycles. The molecule has 122 valence electrons. The fourth-order valence-electron chi connectivity index (χ4n) is 3.63. The van der Waals surface area contributed by atoms with E-state index in [9.17, 15) is 30.0 Å². The van der Waals surface area contributed by atoms with Crippen molar-refractivity contribution in [2.24, 2.45) is 0 Å². The number of phenols is 3. The Kier molecular flexibility index (Phi) is 2.95. The number of carbonyl (C=O) groups is 2. The molecule has 0 aromatic heterocycles. The minimum atomic E-state index is -0.695. The fraction of sp³-hybridized carbons (Fsp3) is 0.222. The van der Waals surface area contributed by atoms with E-state index in [0.29, 0.717) is 17.5 Å². The van der Waals surface area contributed by atoms with Gasteiger partial charge in [-0.25, -0.2) is 0 Å². The Bertz CT molecular complexity index is 928. The summed E-state index contributed by atoms with van der Waals surface area (Å²) in [6.45, 7) is 0. The average molecular weight is 326 g/mol. The lowest BCUT2D eigenvalue weighted by atomic mass is 9.77. The third kappa shape index (κ3) is 1.74. The van der Waals surface area contributed by atoms with E-state index >= 15 is 0 Å². The van der Waals surface area contributed by atoms with Crippen molar-refractivity contribution in [1.29, 1.82) is 0 Å². The Morgan fingerprint density at radius 2 is 1.54 bits per heavy atom. The number of ketones is 2. The maximum Gasteiger partial charge on any atom is 0.202 e. The lowest BCUT2D eigenvalue weighted by Crippen LogP contribution is -2.25. The lowest BCUT2D eigenvalue weighted by molar-refractivity contribution is 0.0970. The summed E-state index contributed by atoms with van der Waals surface area (Å²) in [6, 6.07) is 4.12. The summed E-state index contributed by atoms with van der Waals surface area (Å²) < 4.78 is 0. The number of hydrogen-bond donors (Lipinski definition) is 4. The van der Waals surface area contributed by atoms with E-state index in [1.54, 1.807) is 0 Å². The van der Waals surface area contributed by atoms with E-state index in [1.165, 1.54) is 18.2 Å². The van der Waals surface area contributed by atoms with Gasteiger partial charge in [-0.1, -0.05) is 12.1 Å². The number of phenolic OH excluding ortho intramolecular Hbond substituents is 3. The summed E-state index contributed by atoms with van der Waals surface area (Å²) in [6.07, 6.45) is 0.115. The number of aromatic hydroxyl groups is 3. The zero-order valence-corrected chi connectivity index (χ0v) is 12.5. The molecule has 2 aliphatic rings. The van der Waals surface area contributed by atoms with Gasteiger partial charge in [-0.05, 0) is 18.9 Å². The van der Waals surface area contributed by atoms with Gasteiger partial charge in [0.15, 0.2) is 5.78 Å². The average Bonchev–Trinajstić information content (AvgIpc) is 2.55. The van der Waals surface area contributed by atoms with Gasteiger partial charge >= 0.3 is 0 Å². The van der Waals surface area contributed by atoms with Gasteiger partial charge in [0.1, 0.15) is 17.2 Å². The molecule has 0 bridgehead atoms. The Hall–Kier alpha value is -2.86. The molecule has 0 unspecified atom stereocenters. The first kappa shape index (κ1) is 14.7. The maximum absolute atomic E-state index is 12.8. The topological polar surface area (TPSA) is 115 Å². The van der Waals surface area contributed by atoms with Crippen LogP contribution in [0.25, 0.3) is 0 Å². The molecule has 2 aliphatic carbocycles. The quantitative estimate of drug-likeness (QED) is 0.465. The Labute approximate surface area is 136 Å². The summed E-state index contributed by atoms with van der Waals surface area (Å²) in [5.41, 5.74) is -0.0459. The van der Waals surface area contributed by atoms with Gasteiger partial charge in [-0.15, -0.1) is 0 Å². The van der Waals surface area contributed by atoms with Crippen LogP contribution in [-0.4, -0.2) is 38.1 Å². The number of rotatable bonds is 0. The van der Waals surface area contributed by atoms with Crippen molar-refractivity contribution in [3.63, 3.8) is 0 Å². The highest BCUT2D eigenvalue weighted by Gasteiger charge is 2.39. The van der Waals surface area contributed by atoms with E-state index in [0.717, 1.165) is 0 Å². The van der Waals surface area contributed by atoms with Crippen molar-refractivity contribution in [2.75, 3.05) is 0 Å². The first-order valence-corrected chi connectivity index (χ1v) is 7.60. The molecular formula is C18H14O6. The number of benzene rings is 2. The standard InChI is InChI=1S/C18H14O6/c19-7-4-5-8-10(6-7)17(23)13-14(15(8)21)18(24)12-9(16(13)22)2-1-3-11(12)20/h1-3,7,19-21,23H,4-6H2/t7-/m1/s1. The summed E-state index contributed by atoms with van der Waals surface area (Å²) in [5, 5.41) is 40.9. The third-order valence-electron chi connectivity index (χ3n) is 4.80. The number of fused-ring (bicyclic) bond motifs is 3. The molecule has 6 nitrogen and oxygen atoms in total. The van der Waals surface area contributed by atoms with Gasteiger partial charge in [-0.3, -0.25) is 9.59 Å². The molecule has 24 heavy (non-hydrogen) atoms. The highest BCUT2D eigenvalue weighted by molar-refractivity contribution is 6.31. The lowest BCUT2D eigenvalue weighted by Gasteiger charge is -2.28. The van der Waals surface area contributed by atoms with Gasteiger partial charge in [0.05, 0.1) is 22.8 Å². The van der Waals surface area contributed by atoms with E-state index in [1.807, 2.05) is 0 Å². The van der Waals surface area contributed by atoms with Crippen molar-refractivity contribution < 1.29 is 30.0 Å². The highest BCUT2D eigenvalue weighted by atomic mass is 16.3. The van der Waals surface area contributed by atoms with Crippen molar-refractivity contribution in [1.82, 2.24) is 0 Å². The van der Waals surface area contributed by atoms with Gasteiger partial charge in [-0.2, -0.15) is 0 Å². The molecule has 0 saturated heterocycles. The van der Waals surface area contributed by atoms with Crippen LogP contribution in [0.5, 0.6) is 17.2 Å². The number of aliphatic hydroxyl groups excluding tert-OH is 1. The first-order chi connectivity index (χ1) is 11.4. The Morgan fingerprint density at radius 3 is 2.29 bits per heavy atom. The number of carbonyl (C=O) groups excluding carboxylic acids is 2. The van der Waals surface area contributed by atoms with Crippen LogP contribution in [0.4, 0.5) is 0 Å². The van der Waals surface area contributed by atoms with Crippen LogP contribution in [-0.2, 0) is 12.8 Å². The van der Waals surface area contributed by atoms with Crippen LogP contribution in [0.2, 0.25) is 0 Å². The van der Waals surface area contributed by atoms with Crippen LogP contribution in [0, 0.1) is 0 Å². The minimum absolute atomic E-state index is 0.0153. The molecule has 4 rings (SSSR count). The molecule has 0 radical (unpaired) electrons. The second kappa shape index (κ2) is 4.82. The van der Waals surface area contributed by atoms with Crippen molar-refractivity contribution in [3.8, 4) is 17.2 Å². The summed E-state index contributed by atoms with van der Waals surface area (Å²) in [7, 11) is 0. The van der Waals surface area contributed by atoms with Gasteiger partial charge < -0.3 is 20.4 Å². The van der Waals surface area contributed by atoms with Crippen LogP contribution in [0.3, 0.4) is 0 Å². The number of hydrogen-bond acceptors (Lipinski definition) is 6. The predicted molar refractivity (Wildman–Crippen MR) is 82.8 cm³/mol. The van der Waals surface area contributed by atoms with E-state index in [2.05, 4.69) is 0 Å². The third-order valence-corrected chi connectivity index (χ3v) is 4.80. The number of aliphatic hydroxyl groups is 1. The zero-order valence-electron chi connectivity index (χ0n) is 12.5. The molecule has 0 amide bonds. The van der Waals surface area contributed by atoms with Gasteiger partial charge in [0.2, 0.25) is 5.78 Å². The molecule has 2 aromatic carbocycles. The first-order valence-electron chi connectivity index (χ1n) is 7.60. The van der Waals surface area contributed by atoms with Crippen molar-refractivity contribution in [2.45, 2.75) is 25.4 Å². The predicted octanol–water partition coefficient (Wildman–Crippen LogP) is 1.43. The second-order valence-corrected chi connectivity index (χ2v) is 6.16. The van der Waals surface area contributed by atoms with Crippen LogP contribution in [0.1, 0.15) is 49.4 Å². The fourth-order valence-corrected chi connectivity index (χ4v) is 3.63. The largest absolute Gasteiger partial charge is 0.507 e.